The van der Waals surface area contributed by atoms with Gasteiger partial charge in [-0.25, -0.2) is 0 Å². The van der Waals surface area contributed by atoms with E-state index in [-0.39, 0.29) is 6.10 Å². The third kappa shape index (κ3) is 3.23. The molecule has 2 nitrogen and oxygen atoms in total. The average molecular weight is 191 g/mol. The molecule has 0 unspecified atom stereocenters. The molecule has 14 heavy (non-hydrogen) atoms. The first-order chi connectivity index (χ1) is 6.59. The molecule has 0 saturated heterocycles. The summed E-state index contributed by atoms with van der Waals surface area (Å²) in [6.45, 7) is 1.74. The summed E-state index contributed by atoms with van der Waals surface area (Å²) in [5.41, 5.74) is 2.29. The largest absolute Gasteiger partial charge is 0.389 e. The van der Waals surface area contributed by atoms with Crippen molar-refractivity contribution < 1.29 is 5.11 Å². The first-order valence-corrected chi connectivity index (χ1v) is 4.73. The lowest BCUT2D eigenvalue weighted by atomic mass is 10.1. The molecule has 76 valence electrons. The molecule has 1 N–H and O–H groups in total. The van der Waals surface area contributed by atoms with Gasteiger partial charge in [-0.3, -0.25) is 0 Å². The Kier molecular flexibility index (Phi) is 3.72. The minimum atomic E-state index is -0.386. The van der Waals surface area contributed by atoms with Crippen molar-refractivity contribution in [3.05, 3.63) is 35.9 Å². The molecule has 0 saturated carbocycles. The molecule has 1 atom stereocenters. The molecular formula is C12H17NO. The van der Waals surface area contributed by atoms with Gasteiger partial charge >= 0.3 is 0 Å². The van der Waals surface area contributed by atoms with E-state index in [1.54, 1.807) is 13.0 Å². The van der Waals surface area contributed by atoms with Gasteiger partial charge in [0, 0.05) is 19.8 Å². The van der Waals surface area contributed by atoms with E-state index in [0.717, 1.165) is 5.56 Å². The molecule has 1 aromatic rings. The van der Waals surface area contributed by atoms with Crippen molar-refractivity contribution in [2.75, 3.05) is 19.0 Å². The maximum Gasteiger partial charge on any atom is 0.0696 e. The van der Waals surface area contributed by atoms with E-state index in [1.807, 2.05) is 32.3 Å². The zero-order chi connectivity index (χ0) is 10.6. The van der Waals surface area contributed by atoms with E-state index in [2.05, 4.69) is 17.0 Å². The van der Waals surface area contributed by atoms with Crippen LogP contribution in [-0.2, 0) is 0 Å². The third-order valence-electron chi connectivity index (χ3n) is 1.98. The van der Waals surface area contributed by atoms with Gasteiger partial charge in [-0.1, -0.05) is 24.3 Å². The molecule has 1 rings (SSSR count). The molecule has 0 radical (unpaired) electrons. The Hall–Kier alpha value is -1.28. The Labute approximate surface area is 85.5 Å². The number of rotatable bonds is 3. The van der Waals surface area contributed by atoms with Crippen LogP contribution in [0.2, 0.25) is 0 Å². The Morgan fingerprint density at radius 2 is 1.79 bits per heavy atom. The number of aliphatic hydroxyl groups excluding tert-OH is 1. The summed E-state index contributed by atoms with van der Waals surface area (Å²) in [5, 5.41) is 9.06. The maximum atomic E-state index is 9.06. The summed E-state index contributed by atoms with van der Waals surface area (Å²) in [6, 6.07) is 8.19. The fraction of sp³-hybridized carbons (Fsp3) is 0.333. The van der Waals surface area contributed by atoms with Crippen molar-refractivity contribution in [2.24, 2.45) is 0 Å². The van der Waals surface area contributed by atoms with Gasteiger partial charge < -0.3 is 10.0 Å². The molecule has 2 heteroatoms. The van der Waals surface area contributed by atoms with Crippen molar-refractivity contribution in [3.8, 4) is 0 Å². The van der Waals surface area contributed by atoms with Crippen LogP contribution in [0.25, 0.3) is 6.08 Å². The summed E-state index contributed by atoms with van der Waals surface area (Å²) < 4.78 is 0. The molecule has 0 bridgehead atoms. The molecule has 0 amide bonds. The number of anilines is 1. The summed E-state index contributed by atoms with van der Waals surface area (Å²) in [4.78, 5) is 2.06. The van der Waals surface area contributed by atoms with Gasteiger partial charge in [-0.15, -0.1) is 0 Å². The Balaban J connectivity index is 2.73. The molecule has 0 spiro atoms. The van der Waals surface area contributed by atoms with E-state index >= 15 is 0 Å². The highest BCUT2D eigenvalue weighted by atomic mass is 16.3. The monoisotopic (exact) mass is 191 g/mol. The quantitative estimate of drug-likeness (QED) is 0.791. The second-order valence-corrected chi connectivity index (χ2v) is 3.59. The highest BCUT2D eigenvalue weighted by Crippen LogP contribution is 2.13. The summed E-state index contributed by atoms with van der Waals surface area (Å²) >= 11 is 0. The molecule has 0 aliphatic rings. The number of nitrogens with zero attached hydrogens (tertiary/aromatic N) is 1. The predicted octanol–water partition coefficient (Wildman–Crippen LogP) is 2.15. The first-order valence-electron chi connectivity index (χ1n) is 4.73. The van der Waals surface area contributed by atoms with Crippen LogP contribution < -0.4 is 4.90 Å². The van der Waals surface area contributed by atoms with Crippen LogP contribution in [0, 0.1) is 0 Å². The van der Waals surface area contributed by atoms with Crippen LogP contribution >= 0.6 is 0 Å². The Bertz CT molecular complexity index is 299. The second-order valence-electron chi connectivity index (χ2n) is 3.59. The highest BCUT2D eigenvalue weighted by Gasteiger charge is 1.93. The van der Waals surface area contributed by atoms with Crippen molar-refractivity contribution in [1.82, 2.24) is 0 Å². The maximum absolute atomic E-state index is 9.06. The summed E-state index contributed by atoms with van der Waals surface area (Å²) in [7, 11) is 4.03. The summed E-state index contributed by atoms with van der Waals surface area (Å²) in [6.07, 6.45) is 3.30. The minimum absolute atomic E-state index is 0.386. The number of hydrogen-bond acceptors (Lipinski definition) is 2. The molecular weight excluding hydrogens is 174 g/mol. The van der Waals surface area contributed by atoms with Crippen LogP contribution in [0.3, 0.4) is 0 Å². The van der Waals surface area contributed by atoms with Gasteiger partial charge in [-0.05, 0) is 24.6 Å². The van der Waals surface area contributed by atoms with Crippen molar-refractivity contribution in [3.63, 3.8) is 0 Å². The minimum Gasteiger partial charge on any atom is -0.389 e. The lowest BCUT2D eigenvalue weighted by Crippen LogP contribution is -2.07. The standard InChI is InChI=1S/C12H17NO/c1-10(14)4-5-11-6-8-12(9-7-11)13(2)3/h4-10,14H,1-3H3/b5-4+/t10-/m0/s1. The van der Waals surface area contributed by atoms with Gasteiger partial charge in [-0.2, -0.15) is 0 Å². The van der Waals surface area contributed by atoms with E-state index in [1.165, 1.54) is 5.69 Å². The number of benzene rings is 1. The SMILES string of the molecule is C[C@H](O)/C=C/c1ccc(N(C)C)cc1. The average Bonchev–Trinajstić information content (AvgIpc) is 2.15. The first kappa shape index (κ1) is 10.8. The fourth-order valence-electron chi connectivity index (χ4n) is 1.13. The van der Waals surface area contributed by atoms with Crippen molar-refractivity contribution >= 4 is 11.8 Å². The van der Waals surface area contributed by atoms with E-state index in [0.29, 0.717) is 0 Å². The predicted molar refractivity (Wildman–Crippen MR) is 61.5 cm³/mol. The van der Waals surface area contributed by atoms with E-state index in [4.69, 9.17) is 5.11 Å². The zero-order valence-corrected chi connectivity index (χ0v) is 8.94. The highest BCUT2D eigenvalue weighted by molar-refractivity contribution is 5.55. The van der Waals surface area contributed by atoms with Crippen LogP contribution in [0.5, 0.6) is 0 Å². The van der Waals surface area contributed by atoms with Crippen molar-refractivity contribution in [1.29, 1.82) is 0 Å². The number of hydrogen-bond donors (Lipinski definition) is 1. The molecule has 0 aliphatic carbocycles. The lowest BCUT2D eigenvalue weighted by Gasteiger charge is -2.11. The van der Waals surface area contributed by atoms with Gasteiger partial charge in [0.2, 0.25) is 0 Å². The van der Waals surface area contributed by atoms with Gasteiger partial charge in [0.1, 0.15) is 0 Å². The van der Waals surface area contributed by atoms with Gasteiger partial charge in [0.15, 0.2) is 0 Å². The normalized spacial score (nSPS) is 13.1. The molecule has 1 aromatic carbocycles. The smallest absolute Gasteiger partial charge is 0.0696 e. The third-order valence-corrected chi connectivity index (χ3v) is 1.98. The van der Waals surface area contributed by atoms with Crippen LogP contribution in [-0.4, -0.2) is 25.3 Å². The topological polar surface area (TPSA) is 23.5 Å². The zero-order valence-electron chi connectivity index (χ0n) is 8.94. The van der Waals surface area contributed by atoms with Crippen LogP contribution in [0.15, 0.2) is 30.3 Å². The van der Waals surface area contributed by atoms with Gasteiger partial charge in [0.25, 0.3) is 0 Å². The summed E-state index contributed by atoms with van der Waals surface area (Å²) in [5.74, 6) is 0. The lowest BCUT2D eigenvalue weighted by molar-refractivity contribution is 0.245. The molecule has 0 aromatic heterocycles. The van der Waals surface area contributed by atoms with E-state index in [9.17, 15) is 0 Å². The number of aliphatic hydroxyl groups is 1. The van der Waals surface area contributed by atoms with Crippen LogP contribution in [0.1, 0.15) is 12.5 Å². The molecule has 0 aliphatic heterocycles. The molecule has 0 heterocycles. The Morgan fingerprint density at radius 3 is 2.21 bits per heavy atom. The van der Waals surface area contributed by atoms with Crippen LogP contribution in [0.4, 0.5) is 5.69 Å². The van der Waals surface area contributed by atoms with Gasteiger partial charge in [0.05, 0.1) is 6.10 Å². The second kappa shape index (κ2) is 4.82. The molecule has 0 fully saturated rings. The van der Waals surface area contributed by atoms with Crippen molar-refractivity contribution in [2.45, 2.75) is 13.0 Å². The fourth-order valence-corrected chi connectivity index (χ4v) is 1.13. The Morgan fingerprint density at radius 1 is 1.21 bits per heavy atom. The van der Waals surface area contributed by atoms with E-state index < -0.39 is 0 Å².